The van der Waals surface area contributed by atoms with Crippen molar-refractivity contribution in [2.75, 3.05) is 11.4 Å². The number of hydrogen-bond acceptors (Lipinski definition) is 2. The molecule has 0 saturated heterocycles. The zero-order chi connectivity index (χ0) is 14.1. The molecule has 0 atom stereocenters. The molecule has 1 aliphatic rings. The summed E-state index contributed by atoms with van der Waals surface area (Å²) < 4.78 is 1.97. The zero-order valence-electron chi connectivity index (χ0n) is 12.1. The summed E-state index contributed by atoms with van der Waals surface area (Å²) in [6.45, 7) is 4.03. The quantitative estimate of drug-likeness (QED) is 0.790. The highest BCUT2D eigenvalue weighted by atomic mass is 35.5. The molecule has 1 aliphatic heterocycles. The lowest BCUT2D eigenvalue weighted by molar-refractivity contribution is 0.686. The van der Waals surface area contributed by atoms with Crippen LogP contribution >= 0.6 is 11.6 Å². The molecule has 1 aromatic heterocycles. The average molecular weight is 290 g/mol. The fourth-order valence-electron chi connectivity index (χ4n) is 3.12. The van der Waals surface area contributed by atoms with E-state index in [1.165, 1.54) is 23.4 Å². The molecule has 20 heavy (non-hydrogen) atoms. The number of nitrogens with zero attached hydrogens (tertiary/aromatic N) is 3. The summed E-state index contributed by atoms with van der Waals surface area (Å²) in [5.74, 6) is 1.70. The first-order valence-corrected chi connectivity index (χ1v) is 7.64. The molecule has 0 amide bonds. The van der Waals surface area contributed by atoms with Gasteiger partial charge in [0.25, 0.3) is 0 Å². The van der Waals surface area contributed by atoms with Crippen molar-refractivity contribution in [3.05, 3.63) is 46.6 Å². The number of rotatable bonds is 2. The van der Waals surface area contributed by atoms with Gasteiger partial charge in [0.15, 0.2) is 0 Å². The number of hydrogen-bond donors (Lipinski definition) is 0. The van der Waals surface area contributed by atoms with E-state index in [1.54, 1.807) is 0 Å². The largest absolute Gasteiger partial charge is 0.352 e. The predicted molar refractivity (Wildman–Crippen MR) is 83.3 cm³/mol. The molecule has 3 rings (SSSR count). The first kappa shape index (κ1) is 13.5. The molecule has 0 aliphatic carbocycles. The van der Waals surface area contributed by atoms with Gasteiger partial charge in [0.1, 0.15) is 5.82 Å². The fraction of sp³-hybridized carbons (Fsp3) is 0.438. The molecular formula is C16H20ClN3. The van der Waals surface area contributed by atoms with E-state index in [0.717, 1.165) is 30.8 Å². The van der Waals surface area contributed by atoms with Gasteiger partial charge in [-0.05, 0) is 30.9 Å². The molecule has 0 radical (unpaired) electrons. The second-order valence-electron chi connectivity index (χ2n) is 5.44. The number of halogens is 1. The van der Waals surface area contributed by atoms with E-state index in [1.807, 2.05) is 18.7 Å². The van der Waals surface area contributed by atoms with Gasteiger partial charge in [-0.15, -0.1) is 11.6 Å². The minimum absolute atomic E-state index is 0.521. The van der Waals surface area contributed by atoms with E-state index in [-0.39, 0.29) is 0 Å². The highest BCUT2D eigenvalue weighted by Crippen LogP contribution is 2.29. The van der Waals surface area contributed by atoms with Crippen molar-refractivity contribution in [2.24, 2.45) is 7.05 Å². The minimum Gasteiger partial charge on any atom is -0.352 e. The number of aryl methyl sites for hydroxylation is 3. The van der Waals surface area contributed by atoms with Crippen LogP contribution < -0.4 is 4.90 Å². The third-order valence-electron chi connectivity index (χ3n) is 4.10. The van der Waals surface area contributed by atoms with Crippen LogP contribution in [-0.2, 0) is 25.9 Å². The summed E-state index contributed by atoms with van der Waals surface area (Å²) in [5, 5.41) is 4.53. The monoisotopic (exact) mass is 289 g/mol. The number of anilines is 1. The van der Waals surface area contributed by atoms with Gasteiger partial charge < -0.3 is 4.90 Å². The number of alkyl halides is 1. The molecule has 0 spiro atoms. The normalized spacial score (nSPS) is 15.1. The topological polar surface area (TPSA) is 21.1 Å². The minimum atomic E-state index is 0.521. The van der Waals surface area contributed by atoms with Crippen molar-refractivity contribution in [1.29, 1.82) is 0 Å². The van der Waals surface area contributed by atoms with E-state index >= 15 is 0 Å². The molecule has 2 heterocycles. The SMILES string of the molecule is Cc1nn(C)c(N2CCCc3ccccc3C2)c1CCl. The smallest absolute Gasteiger partial charge is 0.131 e. The van der Waals surface area contributed by atoms with Crippen molar-refractivity contribution in [1.82, 2.24) is 9.78 Å². The van der Waals surface area contributed by atoms with Gasteiger partial charge in [-0.25, -0.2) is 0 Å². The van der Waals surface area contributed by atoms with Gasteiger partial charge in [-0.3, -0.25) is 4.68 Å². The third kappa shape index (κ3) is 2.31. The Bertz CT molecular complexity index is 618. The molecule has 0 saturated carbocycles. The second-order valence-corrected chi connectivity index (χ2v) is 5.71. The molecule has 0 N–H and O–H groups in total. The maximum Gasteiger partial charge on any atom is 0.131 e. The maximum absolute atomic E-state index is 6.13. The number of fused-ring (bicyclic) bond motifs is 1. The van der Waals surface area contributed by atoms with Gasteiger partial charge in [0.05, 0.1) is 11.6 Å². The van der Waals surface area contributed by atoms with Gasteiger partial charge in [0.2, 0.25) is 0 Å². The Morgan fingerprint density at radius 3 is 2.75 bits per heavy atom. The van der Waals surface area contributed by atoms with Crippen LogP contribution in [0, 0.1) is 6.92 Å². The van der Waals surface area contributed by atoms with Crippen LogP contribution in [0.25, 0.3) is 0 Å². The average Bonchev–Trinajstić information content (AvgIpc) is 2.62. The Labute approximate surface area is 125 Å². The molecule has 0 unspecified atom stereocenters. The van der Waals surface area contributed by atoms with E-state index in [4.69, 9.17) is 11.6 Å². The van der Waals surface area contributed by atoms with Gasteiger partial charge in [-0.2, -0.15) is 5.10 Å². The van der Waals surface area contributed by atoms with Crippen molar-refractivity contribution < 1.29 is 0 Å². The lowest BCUT2D eigenvalue weighted by Gasteiger charge is -2.24. The molecule has 3 nitrogen and oxygen atoms in total. The first-order valence-electron chi connectivity index (χ1n) is 7.11. The molecular weight excluding hydrogens is 270 g/mol. The van der Waals surface area contributed by atoms with Crippen LogP contribution in [0.3, 0.4) is 0 Å². The Hall–Kier alpha value is -1.48. The van der Waals surface area contributed by atoms with Crippen LogP contribution in [0.2, 0.25) is 0 Å². The molecule has 106 valence electrons. The Morgan fingerprint density at radius 2 is 2.00 bits per heavy atom. The van der Waals surface area contributed by atoms with Crippen LogP contribution in [0.4, 0.5) is 5.82 Å². The van der Waals surface area contributed by atoms with E-state index in [9.17, 15) is 0 Å². The van der Waals surface area contributed by atoms with Crippen molar-refractivity contribution in [3.63, 3.8) is 0 Å². The van der Waals surface area contributed by atoms with Crippen LogP contribution in [0.15, 0.2) is 24.3 Å². The van der Waals surface area contributed by atoms with Crippen molar-refractivity contribution >= 4 is 17.4 Å². The number of benzene rings is 1. The zero-order valence-corrected chi connectivity index (χ0v) is 12.8. The lowest BCUT2D eigenvalue weighted by Crippen LogP contribution is -2.25. The summed E-state index contributed by atoms with van der Waals surface area (Å²) in [4.78, 5) is 2.42. The van der Waals surface area contributed by atoms with Crippen LogP contribution in [-0.4, -0.2) is 16.3 Å². The Balaban J connectivity index is 1.99. The summed E-state index contributed by atoms with van der Waals surface area (Å²) in [6.07, 6.45) is 2.32. The first-order chi connectivity index (χ1) is 9.70. The molecule has 0 fully saturated rings. The molecule has 0 bridgehead atoms. The number of aromatic nitrogens is 2. The van der Waals surface area contributed by atoms with Gasteiger partial charge in [0, 0.05) is 25.7 Å². The lowest BCUT2D eigenvalue weighted by atomic mass is 10.0. The van der Waals surface area contributed by atoms with E-state index < -0.39 is 0 Å². The van der Waals surface area contributed by atoms with Crippen molar-refractivity contribution in [3.8, 4) is 0 Å². The van der Waals surface area contributed by atoms with Gasteiger partial charge >= 0.3 is 0 Å². The molecule has 1 aromatic carbocycles. The highest BCUT2D eigenvalue weighted by molar-refractivity contribution is 6.17. The Kier molecular flexibility index (Phi) is 3.70. The molecule has 4 heteroatoms. The van der Waals surface area contributed by atoms with Crippen LogP contribution in [0.5, 0.6) is 0 Å². The summed E-state index contributed by atoms with van der Waals surface area (Å²) >= 11 is 6.13. The summed E-state index contributed by atoms with van der Waals surface area (Å²) in [6, 6.07) is 8.74. The molecule has 2 aromatic rings. The standard InChI is InChI=1S/C16H20ClN3/c1-12-15(10-17)16(19(2)18-12)20-9-5-8-13-6-3-4-7-14(13)11-20/h3-4,6-7H,5,8-11H2,1-2H3. The Morgan fingerprint density at radius 1 is 1.25 bits per heavy atom. The highest BCUT2D eigenvalue weighted by Gasteiger charge is 2.21. The van der Waals surface area contributed by atoms with E-state index in [2.05, 4.69) is 34.3 Å². The van der Waals surface area contributed by atoms with Crippen molar-refractivity contribution in [2.45, 2.75) is 32.2 Å². The van der Waals surface area contributed by atoms with Crippen LogP contribution in [0.1, 0.15) is 28.8 Å². The predicted octanol–water partition coefficient (Wildman–Crippen LogP) is 3.42. The summed E-state index contributed by atoms with van der Waals surface area (Å²) in [7, 11) is 2.01. The third-order valence-corrected chi connectivity index (χ3v) is 4.37. The summed E-state index contributed by atoms with van der Waals surface area (Å²) in [5.41, 5.74) is 5.09. The fourth-order valence-corrected chi connectivity index (χ4v) is 3.44. The van der Waals surface area contributed by atoms with E-state index in [0.29, 0.717) is 5.88 Å². The van der Waals surface area contributed by atoms with Gasteiger partial charge in [-0.1, -0.05) is 24.3 Å². The second kappa shape index (κ2) is 5.49. The maximum atomic E-state index is 6.13.